The van der Waals surface area contributed by atoms with Gasteiger partial charge in [0, 0.05) is 12.6 Å². The molecule has 3 aromatic rings. The molecule has 14 heteroatoms. The van der Waals surface area contributed by atoms with Crippen LogP contribution in [0.2, 0.25) is 15.1 Å². The number of sulfonamides is 1. The second-order valence-corrected chi connectivity index (χ2v) is 13.9. The summed E-state index contributed by atoms with van der Waals surface area (Å²) in [6.45, 7) is 0.425. The minimum Gasteiger partial charge on any atom is -0.352 e. The SMILES string of the molecule is C[C@H](C(=O)NC1CCCCC1)N(Cc1ccc(Cl)c(Cl)c1)C(=O)CN(c1ccc(Cl)c(C(F)(F)F)c1)S(=O)(=O)c1ccccc1. The Morgan fingerprint density at radius 1 is 0.911 bits per heavy atom. The number of alkyl halides is 3. The maximum atomic E-state index is 14.1. The number of amides is 2. The Bertz CT molecular complexity index is 1640. The molecule has 1 saturated carbocycles. The number of rotatable bonds is 10. The van der Waals surface area contributed by atoms with Crippen molar-refractivity contribution in [2.45, 2.75) is 68.7 Å². The number of anilines is 1. The van der Waals surface area contributed by atoms with Crippen molar-refractivity contribution in [3.05, 3.63) is 92.9 Å². The lowest BCUT2D eigenvalue weighted by Gasteiger charge is -2.33. The van der Waals surface area contributed by atoms with E-state index in [4.69, 9.17) is 34.8 Å². The molecule has 1 atom stereocenters. The van der Waals surface area contributed by atoms with Crippen LogP contribution in [-0.4, -0.2) is 43.8 Å². The van der Waals surface area contributed by atoms with Crippen molar-refractivity contribution >= 4 is 62.3 Å². The number of nitrogens with zero attached hydrogens (tertiary/aromatic N) is 2. The molecule has 0 aromatic heterocycles. The minimum absolute atomic E-state index is 0.0690. The van der Waals surface area contributed by atoms with Crippen LogP contribution in [0.15, 0.2) is 71.6 Å². The smallest absolute Gasteiger partial charge is 0.352 e. The van der Waals surface area contributed by atoms with E-state index in [0.717, 1.165) is 44.2 Å². The summed E-state index contributed by atoms with van der Waals surface area (Å²) in [4.78, 5) is 28.4. The molecule has 7 nitrogen and oxygen atoms in total. The van der Waals surface area contributed by atoms with Gasteiger partial charge < -0.3 is 10.2 Å². The van der Waals surface area contributed by atoms with Gasteiger partial charge in [0.15, 0.2) is 0 Å². The highest BCUT2D eigenvalue weighted by atomic mass is 35.5. The van der Waals surface area contributed by atoms with Crippen molar-refractivity contribution in [2.75, 3.05) is 10.8 Å². The van der Waals surface area contributed by atoms with Gasteiger partial charge in [-0.05, 0) is 67.8 Å². The van der Waals surface area contributed by atoms with Crippen LogP contribution in [0.25, 0.3) is 0 Å². The van der Waals surface area contributed by atoms with Crippen LogP contribution in [-0.2, 0) is 32.3 Å². The molecule has 0 saturated heterocycles. The Kier molecular flexibility index (Phi) is 11.3. The fraction of sp³-hybridized carbons (Fsp3) is 0.355. The molecule has 4 rings (SSSR count). The van der Waals surface area contributed by atoms with Crippen LogP contribution in [0.3, 0.4) is 0 Å². The van der Waals surface area contributed by atoms with E-state index in [1.165, 1.54) is 48.2 Å². The number of hydrogen-bond donors (Lipinski definition) is 1. The van der Waals surface area contributed by atoms with E-state index in [0.29, 0.717) is 15.9 Å². The van der Waals surface area contributed by atoms with Gasteiger partial charge in [-0.15, -0.1) is 0 Å². The topological polar surface area (TPSA) is 86.8 Å². The predicted octanol–water partition coefficient (Wildman–Crippen LogP) is 7.73. The normalized spacial score (nSPS) is 14.9. The van der Waals surface area contributed by atoms with E-state index in [1.807, 2.05) is 0 Å². The molecule has 1 N–H and O–H groups in total. The molecule has 1 aliphatic carbocycles. The maximum Gasteiger partial charge on any atom is 0.417 e. The number of hydrogen-bond acceptors (Lipinski definition) is 4. The molecule has 2 amide bonds. The number of carbonyl (C=O) groups excluding carboxylic acids is 2. The predicted molar refractivity (Wildman–Crippen MR) is 169 cm³/mol. The van der Waals surface area contributed by atoms with Gasteiger partial charge in [0.2, 0.25) is 11.8 Å². The van der Waals surface area contributed by atoms with E-state index < -0.39 is 56.9 Å². The summed E-state index contributed by atoms with van der Waals surface area (Å²) in [6.07, 6.45) is -0.334. The third kappa shape index (κ3) is 8.64. The zero-order chi connectivity index (χ0) is 32.9. The number of nitrogens with one attached hydrogen (secondary N) is 1. The minimum atomic E-state index is -4.90. The standard InChI is InChI=1S/C31H31Cl3F3N3O4S/c1-20(30(42)38-22-8-4-2-5-9-22)39(18-21-12-14-27(33)28(34)16-21)29(41)19-40(45(43,44)24-10-6-3-7-11-24)23-13-15-26(32)25(17-23)31(35,36)37/h3,6-7,10-17,20,22H,2,4-5,8-9,18-19H2,1H3,(H,38,42)/t20-/m1/s1. The first kappa shape index (κ1) is 34.9. The average Bonchev–Trinajstić information content (AvgIpc) is 3.00. The first-order valence-electron chi connectivity index (χ1n) is 14.2. The third-order valence-corrected chi connectivity index (χ3v) is 10.5. The summed E-state index contributed by atoms with van der Waals surface area (Å²) < 4.78 is 69.7. The molecule has 1 aliphatic rings. The lowest BCUT2D eigenvalue weighted by atomic mass is 9.95. The first-order chi connectivity index (χ1) is 21.2. The summed E-state index contributed by atoms with van der Waals surface area (Å²) in [7, 11) is -4.58. The van der Waals surface area contributed by atoms with Gasteiger partial charge >= 0.3 is 6.18 Å². The molecule has 0 radical (unpaired) electrons. The van der Waals surface area contributed by atoms with Crippen molar-refractivity contribution in [1.29, 1.82) is 0 Å². The quantitative estimate of drug-likeness (QED) is 0.234. The zero-order valence-electron chi connectivity index (χ0n) is 24.2. The van der Waals surface area contributed by atoms with Gasteiger partial charge in [-0.2, -0.15) is 13.2 Å². The first-order valence-corrected chi connectivity index (χ1v) is 16.7. The van der Waals surface area contributed by atoms with Gasteiger partial charge in [0.1, 0.15) is 12.6 Å². The van der Waals surface area contributed by atoms with Gasteiger partial charge in [-0.1, -0.05) is 78.3 Å². The molecule has 3 aromatic carbocycles. The maximum absolute atomic E-state index is 14.1. The zero-order valence-corrected chi connectivity index (χ0v) is 27.2. The molecule has 0 aliphatic heterocycles. The third-order valence-electron chi connectivity index (χ3n) is 7.61. The number of carbonyl (C=O) groups is 2. The Balaban J connectivity index is 1.75. The second kappa shape index (κ2) is 14.6. The van der Waals surface area contributed by atoms with Gasteiger partial charge in [0.05, 0.1) is 31.2 Å². The summed E-state index contributed by atoms with van der Waals surface area (Å²) in [5.74, 6) is -1.28. The molecular weight excluding hydrogens is 674 g/mol. The Morgan fingerprint density at radius 3 is 2.18 bits per heavy atom. The fourth-order valence-electron chi connectivity index (χ4n) is 5.12. The molecule has 0 heterocycles. The highest BCUT2D eigenvalue weighted by Crippen LogP contribution is 2.38. The van der Waals surface area contributed by atoms with Crippen molar-refractivity contribution < 1.29 is 31.2 Å². The van der Waals surface area contributed by atoms with E-state index >= 15 is 0 Å². The van der Waals surface area contributed by atoms with E-state index in [2.05, 4.69) is 5.32 Å². The monoisotopic (exact) mass is 703 g/mol. The molecule has 0 unspecified atom stereocenters. The van der Waals surface area contributed by atoms with Gasteiger partial charge in [0.25, 0.3) is 10.0 Å². The van der Waals surface area contributed by atoms with Crippen molar-refractivity contribution in [2.24, 2.45) is 0 Å². The molecule has 1 fully saturated rings. The molecule has 0 bridgehead atoms. The largest absolute Gasteiger partial charge is 0.417 e. The van der Waals surface area contributed by atoms with Crippen molar-refractivity contribution in [1.82, 2.24) is 10.2 Å². The number of benzene rings is 3. The number of halogens is 6. The Hall–Kier alpha value is -2.99. The van der Waals surface area contributed by atoms with Crippen LogP contribution in [0.5, 0.6) is 0 Å². The van der Waals surface area contributed by atoms with E-state index in [1.54, 1.807) is 12.1 Å². The van der Waals surface area contributed by atoms with Gasteiger partial charge in [-0.3, -0.25) is 13.9 Å². The van der Waals surface area contributed by atoms with Gasteiger partial charge in [-0.25, -0.2) is 8.42 Å². The van der Waals surface area contributed by atoms with Crippen LogP contribution < -0.4 is 9.62 Å². The van der Waals surface area contributed by atoms with Crippen LogP contribution in [0.1, 0.15) is 50.2 Å². The highest BCUT2D eigenvalue weighted by Gasteiger charge is 2.37. The Morgan fingerprint density at radius 2 is 1.56 bits per heavy atom. The fourth-order valence-corrected chi connectivity index (χ4v) is 7.09. The van der Waals surface area contributed by atoms with Crippen molar-refractivity contribution in [3.8, 4) is 0 Å². The Labute approximate surface area is 275 Å². The van der Waals surface area contributed by atoms with Crippen LogP contribution in [0, 0.1) is 0 Å². The summed E-state index contributed by atoms with van der Waals surface area (Å²) in [5, 5.41) is 2.82. The van der Waals surface area contributed by atoms with Crippen molar-refractivity contribution in [3.63, 3.8) is 0 Å². The average molecular weight is 705 g/mol. The molecule has 0 spiro atoms. The summed E-state index contributed by atoms with van der Waals surface area (Å²) in [6, 6.07) is 13.1. The summed E-state index contributed by atoms with van der Waals surface area (Å²) >= 11 is 18.1. The van der Waals surface area contributed by atoms with Crippen LogP contribution in [0.4, 0.5) is 18.9 Å². The lowest BCUT2D eigenvalue weighted by Crippen LogP contribution is -2.53. The highest BCUT2D eigenvalue weighted by molar-refractivity contribution is 7.92. The van der Waals surface area contributed by atoms with E-state index in [-0.39, 0.29) is 27.5 Å². The summed E-state index contributed by atoms with van der Waals surface area (Å²) in [5.41, 5.74) is -1.20. The van der Waals surface area contributed by atoms with E-state index in [9.17, 15) is 31.2 Å². The van der Waals surface area contributed by atoms with Crippen LogP contribution >= 0.6 is 34.8 Å². The molecular formula is C31H31Cl3F3N3O4S. The molecule has 242 valence electrons. The lowest BCUT2D eigenvalue weighted by molar-refractivity contribution is -0.139. The molecule has 45 heavy (non-hydrogen) atoms. The second-order valence-electron chi connectivity index (χ2n) is 10.8.